The quantitative estimate of drug-likeness (QED) is 0.604. The number of hydrazine groups is 1. The van der Waals surface area contributed by atoms with E-state index in [2.05, 4.69) is 15.0 Å². The molecule has 4 heterocycles. The van der Waals surface area contributed by atoms with E-state index < -0.39 is 5.60 Å². The second-order valence-corrected chi connectivity index (χ2v) is 10.5. The third-order valence-electron chi connectivity index (χ3n) is 6.58. The van der Waals surface area contributed by atoms with Crippen molar-refractivity contribution in [1.82, 2.24) is 30.0 Å². The van der Waals surface area contributed by atoms with Crippen LogP contribution in [0.15, 0.2) is 18.7 Å². The molecule has 0 aromatic carbocycles. The largest absolute Gasteiger partial charge is 0.739 e. The van der Waals surface area contributed by atoms with Gasteiger partial charge in [-0.25, -0.2) is 24.7 Å². The lowest BCUT2D eigenvalue weighted by Crippen LogP contribution is -2.46. The van der Waals surface area contributed by atoms with Crippen LogP contribution in [0.4, 0.5) is 10.6 Å². The number of piperidine rings is 1. The van der Waals surface area contributed by atoms with Crippen LogP contribution < -0.4 is 9.75 Å². The SMILES string of the molecule is COc1ncnc(C2CC2)c1-c1ncc2c(n1)N(CC1CCN(C(=O)OC(C)(C)C)CC1)N([O-])C=C2. The summed E-state index contributed by atoms with van der Waals surface area (Å²) in [6.45, 7) is 7.26. The Bertz CT molecular complexity index is 1150. The number of anilines is 1. The lowest BCUT2D eigenvalue weighted by Gasteiger charge is -2.45. The number of ether oxygens (including phenoxy) is 2. The third-order valence-corrected chi connectivity index (χ3v) is 6.58. The Hall–Kier alpha value is -3.47. The Balaban J connectivity index is 1.36. The number of methoxy groups -OCH3 is 1. The van der Waals surface area contributed by atoms with Gasteiger partial charge in [0.25, 0.3) is 0 Å². The average Bonchev–Trinajstić information content (AvgIpc) is 3.70. The Morgan fingerprint density at radius 2 is 1.89 bits per heavy atom. The Labute approximate surface area is 210 Å². The number of hydroxylamine groups is 1. The average molecular weight is 495 g/mol. The van der Waals surface area contributed by atoms with E-state index in [0.29, 0.717) is 48.6 Å². The molecule has 11 heteroatoms. The summed E-state index contributed by atoms with van der Waals surface area (Å²) in [5, 5.41) is 15.3. The van der Waals surface area contributed by atoms with Crippen molar-refractivity contribution in [2.24, 2.45) is 5.92 Å². The number of likely N-dealkylation sites (tertiary alicyclic amines) is 1. The lowest BCUT2D eigenvalue weighted by atomic mass is 9.96. The zero-order chi connectivity index (χ0) is 25.4. The molecule has 1 aliphatic carbocycles. The molecule has 1 saturated heterocycles. The monoisotopic (exact) mass is 494 g/mol. The molecule has 192 valence electrons. The minimum atomic E-state index is -0.524. The van der Waals surface area contributed by atoms with Crippen molar-refractivity contribution >= 4 is 18.0 Å². The first kappa shape index (κ1) is 24.2. The zero-order valence-electron chi connectivity index (χ0n) is 21.2. The van der Waals surface area contributed by atoms with Crippen molar-refractivity contribution in [3.05, 3.63) is 35.2 Å². The fourth-order valence-corrected chi connectivity index (χ4v) is 4.59. The summed E-state index contributed by atoms with van der Waals surface area (Å²) in [6, 6.07) is 0. The van der Waals surface area contributed by atoms with E-state index in [4.69, 9.17) is 14.5 Å². The number of hydrogen-bond donors (Lipinski definition) is 0. The van der Waals surface area contributed by atoms with Gasteiger partial charge < -0.3 is 24.8 Å². The molecule has 0 radical (unpaired) electrons. The molecule has 2 aromatic heterocycles. The molecule has 0 bridgehead atoms. The topological polar surface area (TPSA) is 120 Å². The number of fused-ring (bicyclic) bond motifs is 1. The second-order valence-electron chi connectivity index (χ2n) is 10.5. The van der Waals surface area contributed by atoms with E-state index in [1.165, 1.54) is 12.5 Å². The van der Waals surface area contributed by atoms with Gasteiger partial charge in [-0.3, -0.25) is 5.01 Å². The first-order chi connectivity index (χ1) is 17.2. The first-order valence-electron chi connectivity index (χ1n) is 12.4. The van der Waals surface area contributed by atoms with Crippen molar-refractivity contribution < 1.29 is 14.3 Å². The maximum Gasteiger partial charge on any atom is 0.410 e. The van der Waals surface area contributed by atoms with Gasteiger partial charge in [0.15, 0.2) is 11.6 Å². The van der Waals surface area contributed by atoms with Gasteiger partial charge in [0.05, 0.1) is 12.8 Å². The molecule has 2 aromatic rings. The number of aromatic nitrogens is 4. The highest BCUT2D eigenvalue weighted by Crippen LogP contribution is 2.45. The van der Waals surface area contributed by atoms with Crippen molar-refractivity contribution in [3.8, 4) is 17.3 Å². The minimum absolute atomic E-state index is 0.217. The molecule has 0 spiro atoms. The van der Waals surface area contributed by atoms with Crippen LogP contribution in [0.5, 0.6) is 5.88 Å². The molecule has 2 aliphatic heterocycles. The van der Waals surface area contributed by atoms with Crippen LogP contribution in [0.25, 0.3) is 17.5 Å². The van der Waals surface area contributed by atoms with E-state index in [0.717, 1.165) is 42.1 Å². The van der Waals surface area contributed by atoms with Gasteiger partial charge in [-0.15, -0.1) is 0 Å². The molecular formula is C25H32N7O4-. The number of amides is 1. The molecule has 2 fully saturated rings. The van der Waals surface area contributed by atoms with Crippen LogP contribution in [0.3, 0.4) is 0 Å². The van der Waals surface area contributed by atoms with E-state index in [1.54, 1.807) is 29.3 Å². The third kappa shape index (κ3) is 5.06. The fraction of sp³-hybridized carbons (Fsp3) is 0.560. The van der Waals surface area contributed by atoms with Gasteiger partial charge >= 0.3 is 6.09 Å². The van der Waals surface area contributed by atoms with Crippen molar-refractivity contribution in [1.29, 1.82) is 0 Å². The lowest BCUT2D eigenvalue weighted by molar-refractivity contribution is 0.0184. The summed E-state index contributed by atoms with van der Waals surface area (Å²) >= 11 is 0. The molecule has 3 aliphatic rings. The summed E-state index contributed by atoms with van der Waals surface area (Å²) < 4.78 is 11.0. The predicted molar refractivity (Wildman–Crippen MR) is 134 cm³/mol. The van der Waals surface area contributed by atoms with E-state index in [1.807, 2.05) is 20.8 Å². The molecular weight excluding hydrogens is 462 g/mol. The fourth-order valence-electron chi connectivity index (χ4n) is 4.59. The Morgan fingerprint density at radius 1 is 1.14 bits per heavy atom. The number of carbonyl (C=O) groups excluding carboxylic acids is 1. The highest BCUT2D eigenvalue weighted by atomic mass is 16.6. The Kier molecular flexibility index (Phi) is 6.42. The van der Waals surface area contributed by atoms with E-state index in [-0.39, 0.29) is 12.0 Å². The molecule has 0 N–H and O–H groups in total. The van der Waals surface area contributed by atoms with Crippen LogP contribution in [0.2, 0.25) is 0 Å². The second kappa shape index (κ2) is 9.53. The Morgan fingerprint density at radius 3 is 2.56 bits per heavy atom. The summed E-state index contributed by atoms with van der Waals surface area (Å²) in [4.78, 5) is 32.3. The van der Waals surface area contributed by atoms with E-state index in [9.17, 15) is 10.0 Å². The molecule has 11 nitrogen and oxygen atoms in total. The number of carbonyl (C=O) groups is 1. The predicted octanol–water partition coefficient (Wildman–Crippen LogP) is 3.97. The number of nitrogens with zero attached hydrogens (tertiary/aromatic N) is 7. The van der Waals surface area contributed by atoms with Crippen LogP contribution in [-0.2, 0) is 4.74 Å². The minimum Gasteiger partial charge on any atom is -0.739 e. The molecule has 36 heavy (non-hydrogen) atoms. The summed E-state index contributed by atoms with van der Waals surface area (Å²) in [7, 11) is 1.57. The van der Waals surface area contributed by atoms with Gasteiger partial charge in [-0.1, -0.05) is 0 Å². The number of rotatable bonds is 5. The molecule has 1 saturated carbocycles. The van der Waals surface area contributed by atoms with Gasteiger partial charge in [0.2, 0.25) is 5.88 Å². The molecule has 5 rings (SSSR count). The van der Waals surface area contributed by atoms with Gasteiger partial charge in [-0.2, -0.15) is 0 Å². The molecule has 1 amide bonds. The zero-order valence-corrected chi connectivity index (χ0v) is 21.2. The van der Waals surface area contributed by atoms with Crippen LogP contribution in [0, 0.1) is 11.1 Å². The summed E-state index contributed by atoms with van der Waals surface area (Å²) in [5.74, 6) is 1.98. The molecule has 0 unspecified atom stereocenters. The highest BCUT2D eigenvalue weighted by Gasteiger charge is 2.33. The van der Waals surface area contributed by atoms with Gasteiger partial charge in [0, 0.05) is 43.5 Å². The molecule has 0 atom stereocenters. The first-order valence-corrected chi connectivity index (χ1v) is 12.4. The van der Waals surface area contributed by atoms with Crippen LogP contribution >= 0.6 is 0 Å². The van der Waals surface area contributed by atoms with Crippen molar-refractivity contribution in [2.45, 2.75) is 58.0 Å². The maximum absolute atomic E-state index is 12.9. The normalized spacial score (nSPS) is 18.3. The maximum atomic E-state index is 12.9. The van der Waals surface area contributed by atoms with Gasteiger partial charge in [-0.05, 0) is 58.4 Å². The standard InChI is InChI=1S/C25H32N7O4/c1-25(2,3)36-24(33)30-10-7-16(8-11-30)14-31-22-18(9-12-32(31)34)13-26-21(29-22)19-20(17-5-6-17)27-15-28-23(19)35-4/h9,12-13,15-17H,5-8,10-11,14H2,1-4H3/q-1. The van der Waals surface area contributed by atoms with Crippen molar-refractivity contribution in [3.63, 3.8) is 0 Å². The van der Waals surface area contributed by atoms with Crippen molar-refractivity contribution in [2.75, 3.05) is 31.8 Å². The van der Waals surface area contributed by atoms with Crippen LogP contribution in [0.1, 0.15) is 63.6 Å². The smallest absolute Gasteiger partial charge is 0.410 e. The van der Waals surface area contributed by atoms with Gasteiger partial charge in [0.1, 0.15) is 17.5 Å². The highest BCUT2D eigenvalue weighted by molar-refractivity contribution is 5.72. The summed E-state index contributed by atoms with van der Waals surface area (Å²) in [5.41, 5.74) is 1.81. The van der Waals surface area contributed by atoms with Crippen LogP contribution in [-0.4, -0.2) is 68.4 Å². The number of hydrogen-bond acceptors (Lipinski definition) is 10. The summed E-state index contributed by atoms with van der Waals surface area (Å²) in [6.07, 6.45) is 9.79. The van der Waals surface area contributed by atoms with E-state index >= 15 is 0 Å².